The highest BCUT2D eigenvalue weighted by atomic mass is 32.2. The van der Waals surface area contributed by atoms with Crippen molar-refractivity contribution in [2.75, 3.05) is 6.26 Å². The number of rotatable bonds is 3. The van der Waals surface area contributed by atoms with Crippen molar-refractivity contribution in [1.29, 1.82) is 0 Å². The van der Waals surface area contributed by atoms with Crippen LogP contribution in [0, 0.1) is 12.7 Å². The van der Waals surface area contributed by atoms with Crippen LogP contribution in [0.3, 0.4) is 0 Å². The highest BCUT2D eigenvalue weighted by Gasteiger charge is 2.32. The van der Waals surface area contributed by atoms with E-state index in [1.165, 1.54) is 18.6 Å². The van der Waals surface area contributed by atoms with E-state index in [0.717, 1.165) is 31.9 Å². The van der Waals surface area contributed by atoms with E-state index >= 15 is 0 Å². The lowest BCUT2D eigenvalue weighted by Gasteiger charge is -2.34. The Morgan fingerprint density at radius 2 is 1.92 bits per heavy atom. The van der Waals surface area contributed by atoms with Gasteiger partial charge in [0.05, 0.1) is 28.6 Å². The molecule has 0 aliphatic heterocycles. The Bertz CT molecular complexity index is 944. The van der Waals surface area contributed by atoms with E-state index in [9.17, 15) is 17.6 Å². The Morgan fingerprint density at radius 1 is 1.28 bits per heavy atom. The van der Waals surface area contributed by atoms with Gasteiger partial charge in [0.2, 0.25) is 10.0 Å². The summed E-state index contributed by atoms with van der Waals surface area (Å²) in [7, 11) is -3.76. The average molecular weight is 367 g/mol. The minimum Gasteiger partial charge on any atom is -0.268 e. The average Bonchev–Trinajstić information content (AvgIpc) is 2.82. The van der Waals surface area contributed by atoms with Crippen LogP contribution < -0.4 is 4.72 Å². The Kier molecular flexibility index (Phi) is 4.35. The maximum absolute atomic E-state index is 14.5. The molecule has 0 atom stereocenters. The van der Waals surface area contributed by atoms with Crippen molar-refractivity contribution < 1.29 is 17.6 Å². The van der Waals surface area contributed by atoms with Gasteiger partial charge < -0.3 is 0 Å². The number of carbonyl (C=O) groups is 1. The highest BCUT2D eigenvalue weighted by Crippen LogP contribution is 2.37. The zero-order valence-corrected chi connectivity index (χ0v) is 15.4. The fourth-order valence-electron chi connectivity index (χ4n) is 3.62. The lowest BCUT2D eigenvalue weighted by atomic mass is 9.83. The first-order chi connectivity index (χ1) is 11.6. The number of nitrogens with zero attached hydrogens (tertiary/aromatic N) is 2. The fraction of sp³-hybridized carbons (Fsp3) is 0.529. The van der Waals surface area contributed by atoms with Gasteiger partial charge >= 0.3 is 0 Å². The molecule has 0 saturated heterocycles. The maximum atomic E-state index is 14.5. The van der Waals surface area contributed by atoms with E-state index in [4.69, 9.17) is 0 Å². The SMILES string of the molecule is Cc1nn(C2(C)CCCCC2)c2cc(F)c(C(=O)NS(C)(=O)=O)cc12. The topological polar surface area (TPSA) is 81.1 Å². The molecule has 1 aliphatic carbocycles. The van der Waals surface area contributed by atoms with Gasteiger partial charge in [-0.15, -0.1) is 0 Å². The van der Waals surface area contributed by atoms with Crippen molar-refractivity contribution in [2.24, 2.45) is 0 Å². The number of halogens is 1. The van der Waals surface area contributed by atoms with Gasteiger partial charge in [0.15, 0.2) is 0 Å². The van der Waals surface area contributed by atoms with Gasteiger partial charge in [-0.2, -0.15) is 5.10 Å². The molecule has 1 amide bonds. The summed E-state index contributed by atoms with van der Waals surface area (Å²) in [6, 6.07) is 2.67. The summed E-state index contributed by atoms with van der Waals surface area (Å²) >= 11 is 0. The molecule has 0 bridgehead atoms. The van der Waals surface area contributed by atoms with Gasteiger partial charge in [0, 0.05) is 11.5 Å². The van der Waals surface area contributed by atoms with Crippen LogP contribution >= 0.6 is 0 Å². The van der Waals surface area contributed by atoms with Gasteiger partial charge in [0.25, 0.3) is 5.91 Å². The third-order valence-electron chi connectivity index (χ3n) is 4.92. The third kappa shape index (κ3) is 3.40. The van der Waals surface area contributed by atoms with E-state index in [2.05, 4.69) is 12.0 Å². The first-order valence-electron chi connectivity index (χ1n) is 8.32. The molecule has 2 aromatic rings. The van der Waals surface area contributed by atoms with E-state index in [-0.39, 0.29) is 11.1 Å². The minimum absolute atomic E-state index is 0.173. The zero-order valence-electron chi connectivity index (χ0n) is 14.6. The second-order valence-electron chi connectivity index (χ2n) is 7.11. The highest BCUT2D eigenvalue weighted by molar-refractivity contribution is 7.89. The molecule has 1 fully saturated rings. The van der Waals surface area contributed by atoms with Gasteiger partial charge in [-0.3, -0.25) is 9.48 Å². The second kappa shape index (κ2) is 6.09. The Balaban J connectivity index is 2.11. The summed E-state index contributed by atoms with van der Waals surface area (Å²) in [6.45, 7) is 3.93. The number of aromatic nitrogens is 2. The Labute approximate surface area is 146 Å². The number of nitrogens with one attached hydrogen (secondary N) is 1. The molecule has 25 heavy (non-hydrogen) atoms. The summed E-state index contributed by atoms with van der Waals surface area (Å²) in [6.07, 6.45) is 6.21. The van der Waals surface area contributed by atoms with E-state index in [0.29, 0.717) is 16.6 Å². The molecule has 1 aromatic heterocycles. The molecule has 3 rings (SSSR count). The Morgan fingerprint density at radius 3 is 2.52 bits per heavy atom. The van der Waals surface area contributed by atoms with Crippen molar-refractivity contribution >= 4 is 26.8 Å². The number of hydrogen-bond acceptors (Lipinski definition) is 4. The van der Waals surface area contributed by atoms with Crippen LogP contribution in [0.2, 0.25) is 0 Å². The van der Waals surface area contributed by atoms with Crippen LogP contribution in [0.15, 0.2) is 12.1 Å². The lowest BCUT2D eigenvalue weighted by molar-refractivity contribution is 0.0978. The van der Waals surface area contributed by atoms with Crippen molar-refractivity contribution in [3.63, 3.8) is 0 Å². The monoisotopic (exact) mass is 367 g/mol. The van der Waals surface area contributed by atoms with E-state index < -0.39 is 21.7 Å². The first kappa shape index (κ1) is 17.8. The van der Waals surface area contributed by atoms with Crippen LogP contribution in [-0.4, -0.2) is 30.4 Å². The number of aryl methyl sites for hydroxylation is 1. The summed E-state index contributed by atoms with van der Waals surface area (Å²) in [5.41, 5.74) is 0.855. The molecule has 8 heteroatoms. The van der Waals surface area contributed by atoms with Crippen molar-refractivity contribution in [3.05, 3.63) is 29.2 Å². The number of amides is 1. The number of hydrogen-bond donors (Lipinski definition) is 1. The number of carbonyl (C=O) groups excluding carboxylic acids is 1. The number of fused-ring (bicyclic) bond motifs is 1. The molecule has 6 nitrogen and oxygen atoms in total. The Hall–Kier alpha value is -1.96. The van der Waals surface area contributed by atoms with Crippen molar-refractivity contribution in [3.8, 4) is 0 Å². The second-order valence-corrected chi connectivity index (χ2v) is 8.86. The molecule has 0 spiro atoms. The van der Waals surface area contributed by atoms with Crippen molar-refractivity contribution in [1.82, 2.24) is 14.5 Å². The molecular formula is C17H22FN3O3S. The normalized spacial score (nSPS) is 17.6. The van der Waals surface area contributed by atoms with Gasteiger partial charge in [-0.05, 0) is 32.8 Å². The molecule has 1 saturated carbocycles. The third-order valence-corrected chi connectivity index (χ3v) is 5.47. The molecule has 1 aromatic carbocycles. The van der Waals surface area contributed by atoms with E-state index in [1.54, 1.807) is 11.6 Å². The van der Waals surface area contributed by atoms with E-state index in [1.807, 2.05) is 4.68 Å². The molecule has 1 heterocycles. The maximum Gasteiger partial charge on any atom is 0.267 e. The van der Waals surface area contributed by atoms with Gasteiger partial charge in [0.1, 0.15) is 5.82 Å². The molecule has 0 unspecified atom stereocenters. The zero-order chi connectivity index (χ0) is 18.4. The first-order valence-corrected chi connectivity index (χ1v) is 10.2. The standard InChI is InChI=1S/C17H22FN3O3S/c1-11-12-9-13(16(22)20-25(3,23)24)14(18)10-15(12)21(19-11)17(2)7-5-4-6-8-17/h9-10H,4-8H2,1-3H3,(H,20,22). The summed E-state index contributed by atoms with van der Waals surface area (Å²) in [5, 5.41) is 5.26. The molecule has 0 radical (unpaired) electrons. The van der Waals surface area contributed by atoms with Crippen molar-refractivity contribution in [2.45, 2.75) is 51.5 Å². The van der Waals surface area contributed by atoms with Gasteiger partial charge in [-0.1, -0.05) is 19.3 Å². The number of sulfonamides is 1. The predicted octanol–water partition coefficient (Wildman–Crippen LogP) is 2.85. The summed E-state index contributed by atoms with van der Waals surface area (Å²) in [5.74, 6) is -1.73. The fourth-order valence-corrected chi connectivity index (χ4v) is 4.07. The molecule has 1 N–H and O–H groups in total. The van der Waals surface area contributed by atoms with Crippen LogP contribution in [0.5, 0.6) is 0 Å². The van der Waals surface area contributed by atoms with Gasteiger partial charge in [-0.25, -0.2) is 17.5 Å². The van der Waals surface area contributed by atoms with Crippen LogP contribution in [0.25, 0.3) is 10.9 Å². The largest absolute Gasteiger partial charge is 0.268 e. The van der Waals surface area contributed by atoms with Crippen LogP contribution in [-0.2, 0) is 15.6 Å². The molecular weight excluding hydrogens is 345 g/mol. The lowest BCUT2D eigenvalue weighted by Crippen LogP contribution is -2.33. The molecule has 136 valence electrons. The summed E-state index contributed by atoms with van der Waals surface area (Å²) < 4.78 is 40.7. The molecule has 1 aliphatic rings. The minimum atomic E-state index is -3.76. The number of benzene rings is 1. The predicted molar refractivity (Wildman–Crippen MR) is 93.5 cm³/mol. The van der Waals surface area contributed by atoms with Crippen LogP contribution in [0.1, 0.15) is 55.1 Å². The van der Waals surface area contributed by atoms with Crippen LogP contribution in [0.4, 0.5) is 4.39 Å². The quantitative estimate of drug-likeness (QED) is 0.904. The smallest absolute Gasteiger partial charge is 0.267 e. The summed E-state index contributed by atoms with van der Waals surface area (Å²) in [4.78, 5) is 12.1.